The van der Waals surface area contributed by atoms with Gasteiger partial charge in [0.1, 0.15) is 0 Å². The van der Waals surface area contributed by atoms with Gasteiger partial charge in [0.2, 0.25) is 0 Å². The zero-order valence-corrected chi connectivity index (χ0v) is 9.74. The van der Waals surface area contributed by atoms with Gasteiger partial charge in [-0.3, -0.25) is 0 Å². The molecule has 3 N–H and O–H groups in total. The molecule has 16 heavy (non-hydrogen) atoms. The molecule has 2 rings (SSSR count). The molecule has 1 aromatic heterocycles. The van der Waals surface area contributed by atoms with Gasteiger partial charge in [-0.2, -0.15) is 0 Å². The second kappa shape index (κ2) is 5.14. The maximum absolute atomic E-state index is 5.44. The molecule has 86 valence electrons. The SMILES string of the molecule is Cn1cc(CCNCCN)c2ccccc21. The van der Waals surface area contributed by atoms with Crippen LogP contribution in [0.1, 0.15) is 5.56 Å². The van der Waals surface area contributed by atoms with Crippen LogP contribution in [0.3, 0.4) is 0 Å². The number of aryl methyl sites for hydroxylation is 1. The van der Waals surface area contributed by atoms with Crippen LogP contribution in [0.25, 0.3) is 10.9 Å². The summed E-state index contributed by atoms with van der Waals surface area (Å²) in [7, 11) is 2.10. The molecule has 0 aliphatic rings. The van der Waals surface area contributed by atoms with Gasteiger partial charge in [0, 0.05) is 37.2 Å². The zero-order chi connectivity index (χ0) is 11.4. The third-order valence-corrected chi connectivity index (χ3v) is 2.87. The molecule has 0 aliphatic heterocycles. The molecular formula is C13H19N3. The Morgan fingerprint density at radius 2 is 2.06 bits per heavy atom. The lowest BCUT2D eigenvalue weighted by Crippen LogP contribution is -2.24. The van der Waals surface area contributed by atoms with Gasteiger partial charge in [-0.15, -0.1) is 0 Å². The van der Waals surface area contributed by atoms with Crippen molar-refractivity contribution in [2.45, 2.75) is 6.42 Å². The number of fused-ring (bicyclic) bond motifs is 1. The number of nitrogens with one attached hydrogen (secondary N) is 1. The highest BCUT2D eigenvalue weighted by Gasteiger charge is 2.04. The Labute approximate surface area is 96.2 Å². The number of nitrogens with two attached hydrogens (primary N) is 1. The summed E-state index contributed by atoms with van der Waals surface area (Å²) in [5.74, 6) is 0. The van der Waals surface area contributed by atoms with E-state index in [9.17, 15) is 0 Å². The van der Waals surface area contributed by atoms with E-state index in [1.807, 2.05) is 0 Å². The van der Waals surface area contributed by atoms with Crippen LogP contribution in [0.5, 0.6) is 0 Å². The van der Waals surface area contributed by atoms with E-state index in [0.29, 0.717) is 6.54 Å². The monoisotopic (exact) mass is 217 g/mol. The highest BCUT2D eigenvalue weighted by molar-refractivity contribution is 5.83. The first-order valence-electron chi connectivity index (χ1n) is 5.76. The van der Waals surface area contributed by atoms with Gasteiger partial charge < -0.3 is 15.6 Å². The maximum atomic E-state index is 5.44. The molecular weight excluding hydrogens is 198 g/mol. The zero-order valence-electron chi connectivity index (χ0n) is 9.74. The summed E-state index contributed by atoms with van der Waals surface area (Å²) >= 11 is 0. The van der Waals surface area contributed by atoms with Gasteiger partial charge in [0.05, 0.1) is 0 Å². The van der Waals surface area contributed by atoms with Crippen LogP contribution in [0, 0.1) is 0 Å². The minimum absolute atomic E-state index is 0.704. The van der Waals surface area contributed by atoms with Crippen LogP contribution in [0.2, 0.25) is 0 Å². The van der Waals surface area contributed by atoms with Crippen molar-refractivity contribution in [3.8, 4) is 0 Å². The van der Waals surface area contributed by atoms with Crippen molar-refractivity contribution in [1.82, 2.24) is 9.88 Å². The normalized spacial score (nSPS) is 11.1. The lowest BCUT2D eigenvalue weighted by atomic mass is 10.1. The molecule has 0 saturated carbocycles. The van der Waals surface area contributed by atoms with Gasteiger partial charge in [0.25, 0.3) is 0 Å². The summed E-state index contributed by atoms with van der Waals surface area (Å²) in [4.78, 5) is 0. The number of hydrogen-bond donors (Lipinski definition) is 2. The topological polar surface area (TPSA) is 43.0 Å². The third kappa shape index (κ3) is 2.26. The molecule has 0 atom stereocenters. The minimum atomic E-state index is 0.704. The predicted molar refractivity (Wildman–Crippen MR) is 68.5 cm³/mol. The van der Waals surface area contributed by atoms with Crippen LogP contribution in [-0.2, 0) is 13.5 Å². The molecule has 0 bridgehead atoms. The molecule has 0 spiro atoms. The fourth-order valence-corrected chi connectivity index (χ4v) is 2.07. The number of nitrogens with zero attached hydrogens (tertiary/aromatic N) is 1. The lowest BCUT2D eigenvalue weighted by Gasteiger charge is -2.01. The fourth-order valence-electron chi connectivity index (χ4n) is 2.07. The Kier molecular flexibility index (Phi) is 3.59. The summed E-state index contributed by atoms with van der Waals surface area (Å²) in [6.45, 7) is 2.59. The second-order valence-corrected chi connectivity index (χ2v) is 4.07. The number of rotatable bonds is 5. The Morgan fingerprint density at radius 1 is 1.25 bits per heavy atom. The molecule has 3 heteroatoms. The second-order valence-electron chi connectivity index (χ2n) is 4.07. The van der Waals surface area contributed by atoms with E-state index in [1.165, 1.54) is 16.5 Å². The predicted octanol–water partition coefficient (Wildman–Crippen LogP) is 1.27. The molecule has 1 aromatic carbocycles. The van der Waals surface area contributed by atoms with Gasteiger partial charge >= 0.3 is 0 Å². The van der Waals surface area contributed by atoms with Gasteiger partial charge in [-0.25, -0.2) is 0 Å². The summed E-state index contributed by atoms with van der Waals surface area (Å²) < 4.78 is 2.19. The van der Waals surface area contributed by atoms with Crippen molar-refractivity contribution < 1.29 is 0 Å². The van der Waals surface area contributed by atoms with Crippen LogP contribution < -0.4 is 11.1 Å². The van der Waals surface area contributed by atoms with Gasteiger partial charge in [-0.1, -0.05) is 18.2 Å². The first kappa shape index (κ1) is 11.2. The van der Waals surface area contributed by atoms with Crippen molar-refractivity contribution in [1.29, 1.82) is 0 Å². The van der Waals surface area contributed by atoms with Crippen molar-refractivity contribution in [3.63, 3.8) is 0 Å². The molecule has 0 amide bonds. The standard InChI is InChI=1S/C13H19N3/c1-16-10-11(6-8-15-9-7-14)12-4-2-3-5-13(12)16/h2-5,10,15H,6-9,14H2,1H3. The van der Waals surface area contributed by atoms with Gasteiger partial charge in [-0.05, 0) is 24.6 Å². The van der Waals surface area contributed by atoms with Crippen molar-refractivity contribution in [3.05, 3.63) is 36.0 Å². The van der Waals surface area contributed by atoms with Crippen molar-refractivity contribution in [2.24, 2.45) is 12.8 Å². The minimum Gasteiger partial charge on any atom is -0.350 e. The largest absolute Gasteiger partial charge is 0.350 e. The molecule has 0 unspecified atom stereocenters. The maximum Gasteiger partial charge on any atom is 0.0480 e. The molecule has 0 saturated heterocycles. The third-order valence-electron chi connectivity index (χ3n) is 2.87. The van der Waals surface area contributed by atoms with E-state index in [2.05, 4.69) is 47.4 Å². The molecule has 3 nitrogen and oxygen atoms in total. The van der Waals surface area contributed by atoms with Crippen LogP contribution in [0.15, 0.2) is 30.5 Å². The van der Waals surface area contributed by atoms with E-state index in [1.54, 1.807) is 0 Å². The van der Waals surface area contributed by atoms with Crippen molar-refractivity contribution in [2.75, 3.05) is 19.6 Å². The number of para-hydroxylation sites is 1. The van der Waals surface area contributed by atoms with E-state index >= 15 is 0 Å². The van der Waals surface area contributed by atoms with E-state index in [4.69, 9.17) is 5.73 Å². The molecule has 1 heterocycles. The molecule has 0 radical (unpaired) electrons. The van der Waals surface area contributed by atoms with Gasteiger partial charge in [0.15, 0.2) is 0 Å². The summed E-state index contributed by atoms with van der Waals surface area (Å²) in [6.07, 6.45) is 3.27. The number of aromatic nitrogens is 1. The van der Waals surface area contributed by atoms with Crippen LogP contribution in [-0.4, -0.2) is 24.2 Å². The smallest absolute Gasteiger partial charge is 0.0480 e. The molecule has 0 fully saturated rings. The van der Waals surface area contributed by atoms with E-state index in [0.717, 1.165) is 19.5 Å². The fraction of sp³-hybridized carbons (Fsp3) is 0.385. The van der Waals surface area contributed by atoms with E-state index in [-0.39, 0.29) is 0 Å². The Balaban J connectivity index is 2.12. The molecule has 0 aliphatic carbocycles. The average Bonchev–Trinajstić information content (AvgIpc) is 2.63. The molecule has 2 aromatic rings. The highest BCUT2D eigenvalue weighted by Crippen LogP contribution is 2.20. The Morgan fingerprint density at radius 3 is 2.88 bits per heavy atom. The number of benzene rings is 1. The summed E-state index contributed by atoms with van der Waals surface area (Å²) in [5, 5.41) is 4.68. The number of hydrogen-bond acceptors (Lipinski definition) is 2. The van der Waals surface area contributed by atoms with E-state index < -0.39 is 0 Å². The first-order chi connectivity index (χ1) is 7.83. The highest BCUT2D eigenvalue weighted by atomic mass is 14.9. The van der Waals surface area contributed by atoms with Crippen LogP contribution >= 0.6 is 0 Å². The van der Waals surface area contributed by atoms with Crippen LogP contribution in [0.4, 0.5) is 0 Å². The average molecular weight is 217 g/mol. The summed E-state index contributed by atoms with van der Waals surface area (Å²) in [5.41, 5.74) is 8.14. The van der Waals surface area contributed by atoms with Crippen molar-refractivity contribution >= 4 is 10.9 Å². The quantitative estimate of drug-likeness (QED) is 0.741. The first-order valence-corrected chi connectivity index (χ1v) is 5.76. The lowest BCUT2D eigenvalue weighted by molar-refractivity contribution is 0.689. The Bertz CT molecular complexity index is 459. The summed E-state index contributed by atoms with van der Waals surface area (Å²) in [6, 6.07) is 8.53. The Hall–Kier alpha value is -1.32.